The van der Waals surface area contributed by atoms with Gasteiger partial charge in [-0.05, 0) is 63.7 Å². The van der Waals surface area contributed by atoms with E-state index in [9.17, 15) is 0 Å². The Morgan fingerprint density at radius 2 is 1.47 bits per heavy atom. The van der Waals surface area contributed by atoms with Crippen molar-refractivity contribution < 1.29 is 0 Å². The summed E-state index contributed by atoms with van der Waals surface area (Å²) >= 11 is 0. The van der Waals surface area contributed by atoms with Crippen LogP contribution in [0, 0.1) is 0 Å². The van der Waals surface area contributed by atoms with Crippen molar-refractivity contribution in [3.63, 3.8) is 0 Å². The lowest BCUT2D eigenvalue weighted by Gasteiger charge is -2.26. The lowest BCUT2D eigenvalue weighted by Crippen LogP contribution is -2.25. The van der Waals surface area contributed by atoms with Gasteiger partial charge < -0.3 is 5.32 Å². The monoisotopic (exact) mass is 494 g/mol. The number of benzene rings is 4. The van der Waals surface area contributed by atoms with Crippen LogP contribution in [0.2, 0.25) is 0 Å². The average molecular weight is 495 g/mol. The fourth-order valence-electron chi connectivity index (χ4n) is 5.22. The first kappa shape index (κ1) is 25.2. The molecule has 1 aromatic heterocycles. The summed E-state index contributed by atoms with van der Waals surface area (Å²) in [5.41, 5.74) is 6.68. The lowest BCUT2D eigenvalue weighted by molar-refractivity contribution is 0.679. The summed E-state index contributed by atoms with van der Waals surface area (Å²) in [4.78, 5) is 5.25. The Kier molecular flexibility index (Phi) is 7.80. The quantitative estimate of drug-likeness (QED) is 0.163. The molecule has 5 aromatic rings. The van der Waals surface area contributed by atoms with Crippen LogP contribution in [-0.4, -0.2) is 4.98 Å². The molecule has 0 amide bonds. The van der Waals surface area contributed by atoms with Gasteiger partial charge >= 0.3 is 0 Å². The molecule has 0 saturated carbocycles. The van der Waals surface area contributed by atoms with Crippen LogP contribution in [0.5, 0.6) is 0 Å². The summed E-state index contributed by atoms with van der Waals surface area (Å²) in [6.07, 6.45) is 8.10. The van der Waals surface area contributed by atoms with Crippen molar-refractivity contribution in [3.05, 3.63) is 150 Å². The summed E-state index contributed by atoms with van der Waals surface area (Å²) < 4.78 is 0. The molecule has 5 rings (SSSR count). The number of fused-ring (bicyclic) bond motifs is 2. The maximum atomic E-state index is 5.25. The Morgan fingerprint density at radius 1 is 0.816 bits per heavy atom. The molecule has 0 fully saturated rings. The first-order chi connectivity index (χ1) is 18.7. The number of nitrogens with one attached hydrogen (secondary N) is 1. The van der Waals surface area contributed by atoms with Gasteiger partial charge in [0.2, 0.25) is 0 Å². The maximum Gasteiger partial charge on any atom is 0.0952 e. The second-order valence-corrected chi connectivity index (χ2v) is 9.43. The molecule has 1 atom stereocenters. The zero-order valence-corrected chi connectivity index (χ0v) is 22.2. The van der Waals surface area contributed by atoms with Gasteiger partial charge in [-0.15, -0.1) is 0 Å². The van der Waals surface area contributed by atoms with Gasteiger partial charge in [-0.25, -0.2) is 0 Å². The van der Waals surface area contributed by atoms with Crippen molar-refractivity contribution in [1.82, 2.24) is 10.3 Å². The zero-order valence-electron chi connectivity index (χ0n) is 22.2. The van der Waals surface area contributed by atoms with E-state index in [-0.39, 0.29) is 6.04 Å². The van der Waals surface area contributed by atoms with Crippen molar-refractivity contribution >= 4 is 21.5 Å². The Hall–Kier alpha value is -4.43. The number of nitrogens with zero attached hydrogens (tertiary/aromatic N) is 1. The molecule has 2 heteroatoms. The highest BCUT2D eigenvalue weighted by molar-refractivity contribution is 6.03. The molecule has 0 radical (unpaired) electrons. The highest BCUT2D eigenvalue weighted by Crippen LogP contribution is 2.37. The third-order valence-electron chi connectivity index (χ3n) is 6.99. The van der Waals surface area contributed by atoms with Crippen LogP contribution in [0.25, 0.3) is 32.8 Å². The van der Waals surface area contributed by atoms with E-state index in [2.05, 4.69) is 135 Å². The van der Waals surface area contributed by atoms with Crippen LogP contribution in [0.1, 0.15) is 44.0 Å². The van der Waals surface area contributed by atoms with Gasteiger partial charge in [-0.2, -0.15) is 0 Å². The maximum absolute atomic E-state index is 5.25. The summed E-state index contributed by atoms with van der Waals surface area (Å²) in [6, 6.07) is 36.2. The van der Waals surface area contributed by atoms with Gasteiger partial charge in [-0.3, -0.25) is 4.98 Å². The van der Waals surface area contributed by atoms with E-state index >= 15 is 0 Å². The van der Waals surface area contributed by atoms with Gasteiger partial charge in [-0.1, -0.05) is 124 Å². The topological polar surface area (TPSA) is 24.9 Å². The van der Waals surface area contributed by atoms with E-state index in [1.54, 1.807) is 0 Å². The molecule has 0 aliphatic rings. The first-order valence-electron chi connectivity index (χ1n) is 13.4. The van der Waals surface area contributed by atoms with E-state index in [1.165, 1.54) is 32.7 Å². The molecule has 0 aliphatic heterocycles. The van der Waals surface area contributed by atoms with Crippen LogP contribution in [0.15, 0.2) is 139 Å². The molecule has 1 heterocycles. The van der Waals surface area contributed by atoms with Crippen LogP contribution in [0.4, 0.5) is 0 Å². The lowest BCUT2D eigenvalue weighted by atomic mass is 9.89. The summed E-state index contributed by atoms with van der Waals surface area (Å²) in [7, 11) is 0. The molecular formula is C36H34N2. The number of hydrogen-bond acceptors (Lipinski definition) is 2. The van der Waals surface area contributed by atoms with Crippen LogP contribution in [0.3, 0.4) is 0 Å². The Balaban J connectivity index is 1.78. The summed E-state index contributed by atoms with van der Waals surface area (Å²) in [6.45, 7) is 8.34. The van der Waals surface area contributed by atoms with E-state index in [0.29, 0.717) is 0 Å². The minimum Gasteiger partial charge on any atom is -0.373 e. The van der Waals surface area contributed by atoms with Crippen LogP contribution >= 0.6 is 0 Å². The molecule has 4 aromatic carbocycles. The zero-order chi connectivity index (χ0) is 26.3. The van der Waals surface area contributed by atoms with Crippen molar-refractivity contribution in [2.75, 3.05) is 0 Å². The van der Waals surface area contributed by atoms with Crippen LogP contribution < -0.4 is 5.32 Å². The molecular weight excluding hydrogens is 460 g/mol. The van der Waals surface area contributed by atoms with Gasteiger partial charge in [0.1, 0.15) is 0 Å². The molecule has 188 valence electrons. The Bertz CT molecular complexity index is 1570. The highest BCUT2D eigenvalue weighted by atomic mass is 15.0. The SMILES string of the molecule is C=C/C=C(CC)\C(=C\CC)NC(c1cccc(-c2ccccc2)n1)c1c2ccccc2cc2ccccc12. The van der Waals surface area contributed by atoms with Crippen molar-refractivity contribution in [3.8, 4) is 11.3 Å². The van der Waals surface area contributed by atoms with Crippen molar-refractivity contribution in [1.29, 1.82) is 0 Å². The van der Waals surface area contributed by atoms with Gasteiger partial charge in [0.15, 0.2) is 0 Å². The van der Waals surface area contributed by atoms with Crippen molar-refractivity contribution in [2.45, 2.75) is 32.7 Å². The third-order valence-corrected chi connectivity index (χ3v) is 6.99. The molecule has 0 spiro atoms. The third kappa shape index (κ3) is 5.17. The number of rotatable bonds is 9. The minimum atomic E-state index is -0.160. The molecule has 0 aliphatic carbocycles. The number of allylic oxidation sites excluding steroid dienone is 4. The average Bonchev–Trinajstić information content (AvgIpc) is 2.97. The predicted molar refractivity (Wildman–Crippen MR) is 163 cm³/mol. The second-order valence-electron chi connectivity index (χ2n) is 9.43. The molecule has 1 unspecified atom stereocenters. The normalized spacial score (nSPS) is 13.0. The van der Waals surface area contributed by atoms with E-state index in [4.69, 9.17) is 4.98 Å². The summed E-state index contributed by atoms with van der Waals surface area (Å²) in [5.74, 6) is 0. The molecule has 0 saturated heterocycles. The largest absolute Gasteiger partial charge is 0.373 e. The van der Waals surface area contributed by atoms with Gasteiger partial charge in [0.05, 0.1) is 17.4 Å². The highest BCUT2D eigenvalue weighted by Gasteiger charge is 2.23. The molecule has 0 bridgehead atoms. The standard InChI is InChI=1S/C36H34N2/c1-4-15-26(6-3)32(16-5-2)38-36(34-24-14-23-33(37-34)27-17-8-7-9-18-27)35-30-21-12-10-19-28(30)25-29-20-11-13-22-31(29)35/h4,7-25,36,38H,1,5-6H2,2-3H3/b26-15-,32-16-. The van der Waals surface area contributed by atoms with E-state index in [0.717, 1.165) is 35.5 Å². The van der Waals surface area contributed by atoms with Crippen LogP contribution in [-0.2, 0) is 0 Å². The fraction of sp³-hybridized carbons (Fsp3) is 0.139. The Morgan fingerprint density at radius 3 is 2.11 bits per heavy atom. The van der Waals surface area contributed by atoms with Crippen molar-refractivity contribution in [2.24, 2.45) is 0 Å². The molecule has 2 nitrogen and oxygen atoms in total. The predicted octanol–water partition coefficient (Wildman–Crippen LogP) is 9.55. The molecule has 38 heavy (non-hydrogen) atoms. The number of hydrogen-bond donors (Lipinski definition) is 1. The van der Waals surface area contributed by atoms with Gasteiger partial charge in [0, 0.05) is 11.3 Å². The van der Waals surface area contributed by atoms with E-state index in [1.807, 2.05) is 12.1 Å². The summed E-state index contributed by atoms with van der Waals surface area (Å²) in [5, 5.41) is 8.89. The number of aromatic nitrogens is 1. The van der Waals surface area contributed by atoms with E-state index < -0.39 is 0 Å². The molecule has 1 N–H and O–H groups in total. The Labute approximate surface area is 226 Å². The van der Waals surface area contributed by atoms with Gasteiger partial charge in [0.25, 0.3) is 0 Å². The smallest absolute Gasteiger partial charge is 0.0952 e. The number of pyridine rings is 1. The second kappa shape index (κ2) is 11.7. The first-order valence-corrected chi connectivity index (χ1v) is 13.4. The minimum absolute atomic E-state index is 0.160. The fourth-order valence-corrected chi connectivity index (χ4v) is 5.22.